The molecule has 1 aromatic rings. The summed E-state index contributed by atoms with van der Waals surface area (Å²) in [7, 11) is 0. The van der Waals surface area contributed by atoms with Crippen molar-refractivity contribution in [3.63, 3.8) is 0 Å². The van der Waals surface area contributed by atoms with E-state index in [9.17, 15) is 9.59 Å². The van der Waals surface area contributed by atoms with Gasteiger partial charge in [0.15, 0.2) is 0 Å². The van der Waals surface area contributed by atoms with E-state index in [2.05, 4.69) is 0 Å². The van der Waals surface area contributed by atoms with Crippen LogP contribution in [0.3, 0.4) is 0 Å². The first-order valence-electron chi connectivity index (χ1n) is 4.78. The number of furan rings is 1. The predicted molar refractivity (Wildman–Crippen MR) is 51.7 cm³/mol. The summed E-state index contributed by atoms with van der Waals surface area (Å²) in [5, 5.41) is 0. The summed E-state index contributed by atoms with van der Waals surface area (Å²) in [6.45, 7) is 0.318. The van der Waals surface area contributed by atoms with Crippen LogP contribution in [0.1, 0.15) is 12.2 Å². The van der Waals surface area contributed by atoms with Crippen molar-refractivity contribution >= 4 is 11.8 Å². The van der Waals surface area contributed by atoms with E-state index in [-0.39, 0.29) is 30.7 Å². The molecule has 2 amide bonds. The van der Waals surface area contributed by atoms with Crippen LogP contribution in [0, 0.1) is 0 Å². The molecule has 1 unspecified atom stereocenters. The molecule has 0 radical (unpaired) electrons. The first kappa shape index (κ1) is 9.92. The fourth-order valence-electron chi connectivity index (χ4n) is 1.63. The molecule has 1 aliphatic rings. The van der Waals surface area contributed by atoms with Crippen molar-refractivity contribution < 1.29 is 14.0 Å². The number of carbonyl (C=O) groups is 2. The van der Waals surface area contributed by atoms with Gasteiger partial charge in [-0.05, 0) is 12.1 Å². The van der Waals surface area contributed by atoms with E-state index >= 15 is 0 Å². The highest BCUT2D eigenvalue weighted by molar-refractivity contribution is 5.97. The highest BCUT2D eigenvalue weighted by atomic mass is 16.3. The van der Waals surface area contributed by atoms with Gasteiger partial charge in [-0.2, -0.15) is 0 Å². The fraction of sp³-hybridized carbons (Fsp3) is 0.400. The summed E-state index contributed by atoms with van der Waals surface area (Å²) < 4.78 is 5.04. The molecule has 1 atom stereocenters. The fourth-order valence-corrected chi connectivity index (χ4v) is 1.63. The SMILES string of the molecule is NC1CC(=O)N(C(=O)Cc2ccco2)C1. The van der Waals surface area contributed by atoms with Crippen molar-refractivity contribution in [1.29, 1.82) is 0 Å². The Labute approximate surface area is 86.8 Å². The highest BCUT2D eigenvalue weighted by Crippen LogP contribution is 2.12. The quantitative estimate of drug-likeness (QED) is 0.736. The lowest BCUT2D eigenvalue weighted by Crippen LogP contribution is -2.35. The number of nitrogens with two attached hydrogens (primary N) is 1. The third kappa shape index (κ3) is 2.07. The van der Waals surface area contributed by atoms with Gasteiger partial charge in [0.2, 0.25) is 11.8 Å². The van der Waals surface area contributed by atoms with Crippen molar-refractivity contribution in [1.82, 2.24) is 4.90 Å². The second kappa shape index (κ2) is 3.86. The van der Waals surface area contributed by atoms with Gasteiger partial charge < -0.3 is 10.2 Å². The standard InChI is InChI=1S/C10H12N2O3/c11-7-4-9(13)12(6-7)10(14)5-8-2-1-3-15-8/h1-3,7H,4-6,11H2. The highest BCUT2D eigenvalue weighted by Gasteiger charge is 2.31. The maximum atomic E-state index is 11.7. The van der Waals surface area contributed by atoms with E-state index in [0.717, 1.165) is 0 Å². The third-order valence-electron chi connectivity index (χ3n) is 2.36. The number of imide groups is 1. The van der Waals surface area contributed by atoms with E-state index in [1.165, 1.54) is 11.2 Å². The van der Waals surface area contributed by atoms with Crippen LogP contribution in [-0.4, -0.2) is 29.3 Å². The maximum absolute atomic E-state index is 11.7. The Morgan fingerprint density at radius 1 is 1.67 bits per heavy atom. The van der Waals surface area contributed by atoms with Gasteiger partial charge in [-0.1, -0.05) is 0 Å². The lowest BCUT2D eigenvalue weighted by atomic mass is 10.3. The van der Waals surface area contributed by atoms with E-state index < -0.39 is 0 Å². The first-order valence-corrected chi connectivity index (χ1v) is 4.78. The zero-order valence-electron chi connectivity index (χ0n) is 8.18. The molecule has 0 spiro atoms. The van der Waals surface area contributed by atoms with Gasteiger partial charge >= 0.3 is 0 Å². The largest absolute Gasteiger partial charge is 0.469 e. The van der Waals surface area contributed by atoms with Gasteiger partial charge in [0, 0.05) is 19.0 Å². The summed E-state index contributed by atoms with van der Waals surface area (Å²) in [4.78, 5) is 24.2. The third-order valence-corrected chi connectivity index (χ3v) is 2.36. The smallest absolute Gasteiger partial charge is 0.236 e. The Balaban J connectivity index is 2.00. The van der Waals surface area contributed by atoms with Gasteiger partial charge in [0.25, 0.3) is 0 Å². The summed E-state index contributed by atoms with van der Waals surface area (Å²) in [6.07, 6.45) is 1.87. The molecular weight excluding hydrogens is 196 g/mol. The van der Waals surface area contributed by atoms with Crippen molar-refractivity contribution in [3.05, 3.63) is 24.2 Å². The van der Waals surface area contributed by atoms with Crippen LogP contribution in [0.25, 0.3) is 0 Å². The Bertz CT molecular complexity index is 372. The van der Waals surface area contributed by atoms with Crippen LogP contribution in [0.2, 0.25) is 0 Å². The normalized spacial score (nSPS) is 21.0. The molecule has 1 saturated heterocycles. The molecule has 1 aliphatic heterocycles. The number of hydrogen-bond donors (Lipinski definition) is 1. The molecule has 0 saturated carbocycles. The molecule has 5 nitrogen and oxygen atoms in total. The lowest BCUT2D eigenvalue weighted by molar-refractivity contribution is -0.141. The molecule has 5 heteroatoms. The zero-order chi connectivity index (χ0) is 10.8. The van der Waals surface area contributed by atoms with E-state index in [0.29, 0.717) is 12.3 Å². The molecule has 2 heterocycles. The molecule has 15 heavy (non-hydrogen) atoms. The lowest BCUT2D eigenvalue weighted by Gasteiger charge is -2.12. The van der Waals surface area contributed by atoms with Crippen LogP contribution >= 0.6 is 0 Å². The molecule has 2 N–H and O–H groups in total. The van der Waals surface area contributed by atoms with Gasteiger partial charge in [-0.3, -0.25) is 14.5 Å². The van der Waals surface area contributed by atoms with Crippen molar-refractivity contribution in [2.75, 3.05) is 6.54 Å². The van der Waals surface area contributed by atoms with E-state index in [1.54, 1.807) is 12.1 Å². The van der Waals surface area contributed by atoms with E-state index in [4.69, 9.17) is 10.2 Å². The first-order chi connectivity index (χ1) is 7.16. The summed E-state index contributed by atoms with van der Waals surface area (Å²) in [6, 6.07) is 3.19. The second-order valence-electron chi connectivity index (χ2n) is 3.62. The van der Waals surface area contributed by atoms with Gasteiger partial charge in [-0.15, -0.1) is 0 Å². The van der Waals surface area contributed by atoms with Crippen molar-refractivity contribution in [2.24, 2.45) is 5.73 Å². The van der Waals surface area contributed by atoms with Gasteiger partial charge in [0.1, 0.15) is 5.76 Å². The predicted octanol–water partition coefficient (Wildman–Crippen LogP) is -0.0917. The number of likely N-dealkylation sites (tertiary alicyclic amines) is 1. The van der Waals surface area contributed by atoms with Crippen LogP contribution in [-0.2, 0) is 16.0 Å². The number of amides is 2. The van der Waals surface area contributed by atoms with Gasteiger partial charge in [-0.25, -0.2) is 0 Å². The Morgan fingerprint density at radius 2 is 2.47 bits per heavy atom. The van der Waals surface area contributed by atoms with Crippen molar-refractivity contribution in [3.8, 4) is 0 Å². The number of nitrogens with zero attached hydrogens (tertiary/aromatic N) is 1. The number of hydrogen-bond acceptors (Lipinski definition) is 4. The average molecular weight is 208 g/mol. The molecule has 0 aliphatic carbocycles. The Hall–Kier alpha value is -1.62. The van der Waals surface area contributed by atoms with Crippen molar-refractivity contribution in [2.45, 2.75) is 18.9 Å². The monoisotopic (exact) mass is 208 g/mol. The molecule has 1 fully saturated rings. The Kier molecular flexibility index (Phi) is 2.55. The summed E-state index contributed by atoms with van der Waals surface area (Å²) in [5.74, 6) is 0.121. The topological polar surface area (TPSA) is 76.5 Å². The molecular formula is C10H12N2O3. The number of rotatable bonds is 2. The molecule has 0 aromatic carbocycles. The molecule has 80 valence electrons. The van der Waals surface area contributed by atoms with Gasteiger partial charge in [0.05, 0.1) is 12.7 Å². The maximum Gasteiger partial charge on any atom is 0.236 e. The molecule has 1 aromatic heterocycles. The number of carbonyl (C=O) groups excluding carboxylic acids is 2. The van der Waals surface area contributed by atoms with Crippen LogP contribution in [0.4, 0.5) is 0 Å². The van der Waals surface area contributed by atoms with Crippen LogP contribution < -0.4 is 5.73 Å². The molecule has 0 bridgehead atoms. The molecule has 2 rings (SSSR count). The summed E-state index contributed by atoms with van der Waals surface area (Å²) in [5.41, 5.74) is 5.59. The van der Waals surface area contributed by atoms with Crippen LogP contribution in [0.5, 0.6) is 0 Å². The van der Waals surface area contributed by atoms with Crippen LogP contribution in [0.15, 0.2) is 22.8 Å². The summed E-state index contributed by atoms with van der Waals surface area (Å²) >= 11 is 0. The minimum atomic E-state index is -0.247. The zero-order valence-corrected chi connectivity index (χ0v) is 8.18. The minimum absolute atomic E-state index is 0.117. The van der Waals surface area contributed by atoms with E-state index in [1.807, 2.05) is 0 Å². The minimum Gasteiger partial charge on any atom is -0.469 e. The Morgan fingerprint density at radius 3 is 3.00 bits per heavy atom. The average Bonchev–Trinajstić information content (AvgIpc) is 2.75. The second-order valence-corrected chi connectivity index (χ2v) is 3.62.